The Balaban J connectivity index is 2.13. The Kier molecular flexibility index (Phi) is 4.27. The fourth-order valence-electron chi connectivity index (χ4n) is 2.16. The van der Waals surface area contributed by atoms with Crippen LogP contribution in [0.4, 0.5) is 0 Å². The lowest BCUT2D eigenvalue weighted by atomic mass is 10.1. The van der Waals surface area contributed by atoms with Crippen molar-refractivity contribution in [3.63, 3.8) is 0 Å². The molecule has 104 valence electrons. The molecule has 2 aromatic rings. The third-order valence-electron chi connectivity index (χ3n) is 3.22. The molecule has 0 spiro atoms. The summed E-state index contributed by atoms with van der Waals surface area (Å²) in [4.78, 5) is 0. The van der Waals surface area contributed by atoms with Crippen LogP contribution in [0.2, 0.25) is 0 Å². The van der Waals surface area contributed by atoms with Crippen LogP contribution < -0.4 is 5.32 Å². The lowest BCUT2D eigenvalue weighted by Crippen LogP contribution is -2.35. The highest BCUT2D eigenvalue weighted by atomic mass is 16.3. The molecule has 2 N–H and O–H groups in total. The van der Waals surface area contributed by atoms with Gasteiger partial charge in [-0.2, -0.15) is 0 Å². The van der Waals surface area contributed by atoms with Crippen molar-refractivity contribution in [1.29, 1.82) is 0 Å². The van der Waals surface area contributed by atoms with Gasteiger partial charge in [0.1, 0.15) is 0 Å². The van der Waals surface area contributed by atoms with Gasteiger partial charge in [0.25, 0.3) is 0 Å². The van der Waals surface area contributed by atoms with Crippen molar-refractivity contribution >= 4 is 10.9 Å². The molecule has 1 heterocycles. The fraction of sp³-hybridized carbons (Fsp3) is 0.500. The molecule has 0 aliphatic heterocycles. The molecule has 0 fully saturated rings. The third-order valence-corrected chi connectivity index (χ3v) is 3.22. The summed E-state index contributed by atoms with van der Waals surface area (Å²) in [6, 6.07) is 8.74. The molecule has 0 saturated heterocycles. The van der Waals surface area contributed by atoms with Crippen molar-refractivity contribution in [2.45, 2.75) is 45.8 Å². The van der Waals surface area contributed by atoms with E-state index < -0.39 is 0 Å². The Morgan fingerprint density at radius 1 is 1.21 bits per heavy atom. The van der Waals surface area contributed by atoms with Crippen LogP contribution in [0.25, 0.3) is 10.9 Å². The maximum absolute atomic E-state index is 8.91. The Bertz CT molecular complexity index is 537. The number of nitrogens with one attached hydrogen (secondary N) is 1. The van der Waals surface area contributed by atoms with Crippen molar-refractivity contribution in [1.82, 2.24) is 9.88 Å². The lowest BCUT2D eigenvalue weighted by Gasteiger charge is -2.20. The van der Waals surface area contributed by atoms with Gasteiger partial charge in [-0.3, -0.25) is 0 Å². The van der Waals surface area contributed by atoms with Gasteiger partial charge in [0.2, 0.25) is 0 Å². The van der Waals surface area contributed by atoms with Gasteiger partial charge in [-0.15, -0.1) is 0 Å². The molecular formula is C16H24N2O. The molecule has 0 unspecified atom stereocenters. The van der Waals surface area contributed by atoms with Crippen LogP contribution in [0.1, 0.15) is 32.8 Å². The second-order valence-electron chi connectivity index (χ2n) is 6.08. The molecule has 1 aromatic carbocycles. The number of aryl methyl sites for hydroxylation is 1. The predicted molar refractivity (Wildman–Crippen MR) is 80.2 cm³/mol. The number of fused-ring (bicyclic) bond motifs is 1. The molecule has 0 bridgehead atoms. The summed E-state index contributed by atoms with van der Waals surface area (Å²) in [5, 5.41) is 13.7. The molecule has 3 nitrogen and oxygen atoms in total. The highest BCUT2D eigenvalue weighted by Gasteiger charge is 2.09. The van der Waals surface area contributed by atoms with Crippen molar-refractivity contribution in [2.75, 3.05) is 6.61 Å². The van der Waals surface area contributed by atoms with E-state index in [0.717, 1.165) is 19.5 Å². The van der Waals surface area contributed by atoms with Crippen LogP contribution >= 0.6 is 0 Å². The Morgan fingerprint density at radius 2 is 2.00 bits per heavy atom. The highest BCUT2D eigenvalue weighted by molar-refractivity contribution is 5.80. The first-order chi connectivity index (χ1) is 8.99. The zero-order valence-electron chi connectivity index (χ0n) is 12.1. The van der Waals surface area contributed by atoms with E-state index in [-0.39, 0.29) is 12.1 Å². The van der Waals surface area contributed by atoms with Crippen molar-refractivity contribution in [3.05, 3.63) is 36.0 Å². The zero-order valence-corrected chi connectivity index (χ0v) is 12.1. The maximum atomic E-state index is 8.91. The van der Waals surface area contributed by atoms with E-state index in [0.29, 0.717) is 0 Å². The van der Waals surface area contributed by atoms with Gasteiger partial charge in [-0.05, 0) is 56.3 Å². The molecule has 0 atom stereocenters. The first-order valence-electron chi connectivity index (χ1n) is 6.93. The predicted octanol–water partition coefficient (Wildman–Crippen LogP) is 2.91. The number of nitrogens with zero attached hydrogens (tertiary/aromatic N) is 1. The monoisotopic (exact) mass is 260 g/mol. The minimum Gasteiger partial charge on any atom is -0.396 e. The van der Waals surface area contributed by atoms with Gasteiger partial charge in [0.15, 0.2) is 0 Å². The standard InChI is InChI=1S/C16H24N2O/c1-16(2,3)17-12-13-5-6-15-14(11-13)7-9-18(15)8-4-10-19/h5-7,9,11,17,19H,4,8,10,12H2,1-3H3. The minimum absolute atomic E-state index is 0.141. The summed E-state index contributed by atoms with van der Waals surface area (Å²) in [5.41, 5.74) is 2.69. The van der Waals surface area contributed by atoms with Crippen molar-refractivity contribution in [3.8, 4) is 0 Å². The first kappa shape index (κ1) is 14.1. The molecule has 1 aromatic heterocycles. The van der Waals surface area contributed by atoms with Crippen LogP contribution in [0.3, 0.4) is 0 Å². The number of aliphatic hydroxyl groups is 1. The summed E-state index contributed by atoms with van der Waals surface area (Å²) < 4.78 is 2.20. The normalized spacial score (nSPS) is 12.2. The minimum atomic E-state index is 0.141. The van der Waals surface area contributed by atoms with E-state index in [1.807, 2.05) is 0 Å². The Labute approximate surface area is 115 Å². The van der Waals surface area contributed by atoms with E-state index >= 15 is 0 Å². The van der Waals surface area contributed by atoms with Gasteiger partial charge >= 0.3 is 0 Å². The SMILES string of the molecule is CC(C)(C)NCc1ccc2c(ccn2CCCO)c1. The average Bonchev–Trinajstić information content (AvgIpc) is 2.75. The van der Waals surface area contributed by atoms with Crippen LogP contribution in [0, 0.1) is 0 Å². The molecule has 0 aliphatic rings. The second-order valence-corrected chi connectivity index (χ2v) is 6.08. The number of rotatable bonds is 5. The highest BCUT2D eigenvalue weighted by Crippen LogP contribution is 2.18. The molecule has 0 aliphatic carbocycles. The van der Waals surface area contributed by atoms with E-state index in [1.165, 1.54) is 16.5 Å². The quantitative estimate of drug-likeness (QED) is 0.867. The van der Waals surface area contributed by atoms with Gasteiger partial charge < -0.3 is 15.0 Å². The number of aromatic nitrogens is 1. The molecule has 3 heteroatoms. The molecule has 0 amide bonds. The van der Waals surface area contributed by atoms with E-state index in [9.17, 15) is 0 Å². The topological polar surface area (TPSA) is 37.2 Å². The lowest BCUT2D eigenvalue weighted by molar-refractivity contribution is 0.280. The smallest absolute Gasteiger partial charge is 0.0480 e. The summed E-state index contributed by atoms with van der Waals surface area (Å²) in [6.07, 6.45) is 2.90. The van der Waals surface area contributed by atoms with Gasteiger partial charge in [0, 0.05) is 36.9 Å². The molecule has 0 radical (unpaired) electrons. The van der Waals surface area contributed by atoms with Crippen molar-refractivity contribution in [2.24, 2.45) is 0 Å². The van der Waals surface area contributed by atoms with Gasteiger partial charge in [-0.1, -0.05) is 6.07 Å². The largest absolute Gasteiger partial charge is 0.396 e. The molecular weight excluding hydrogens is 236 g/mol. The van der Waals surface area contributed by atoms with Crippen LogP contribution in [-0.2, 0) is 13.1 Å². The molecule has 0 saturated carbocycles. The second kappa shape index (κ2) is 5.76. The third kappa shape index (κ3) is 3.82. The van der Waals surface area contributed by atoms with E-state index in [2.05, 4.69) is 61.1 Å². The summed E-state index contributed by atoms with van der Waals surface area (Å²) >= 11 is 0. The molecule has 19 heavy (non-hydrogen) atoms. The van der Waals surface area contributed by atoms with Crippen LogP contribution in [0.15, 0.2) is 30.5 Å². The number of benzene rings is 1. The Hall–Kier alpha value is -1.32. The summed E-state index contributed by atoms with van der Waals surface area (Å²) in [5.74, 6) is 0. The van der Waals surface area contributed by atoms with E-state index in [4.69, 9.17) is 5.11 Å². The number of aliphatic hydroxyl groups excluding tert-OH is 1. The van der Waals surface area contributed by atoms with Gasteiger partial charge in [-0.25, -0.2) is 0 Å². The first-order valence-corrected chi connectivity index (χ1v) is 6.93. The van der Waals surface area contributed by atoms with Crippen LogP contribution in [-0.4, -0.2) is 21.8 Å². The Morgan fingerprint density at radius 3 is 2.68 bits per heavy atom. The number of hydrogen-bond donors (Lipinski definition) is 2. The van der Waals surface area contributed by atoms with Gasteiger partial charge in [0.05, 0.1) is 0 Å². The zero-order chi connectivity index (χ0) is 13.9. The maximum Gasteiger partial charge on any atom is 0.0480 e. The van der Waals surface area contributed by atoms with E-state index in [1.54, 1.807) is 0 Å². The average molecular weight is 260 g/mol. The summed E-state index contributed by atoms with van der Waals surface area (Å²) in [6.45, 7) is 8.54. The fourth-order valence-corrected chi connectivity index (χ4v) is 2.16. The van der Waals surface area contributed by atoms with Crippen LogP contribution in [0.5, 0.6) is 0 Å². The van der Waals surface area contributed by atoms with Crippen molar-refractivity contribution < 1.29 is 5.11 Å². The summed E-state index contributed by atoms with van der Waals surface area (Å²) in [7, 11) is 0. The molecule has 2 rings (SSSR count). The number of hydrogen-bond acceptors (Lipinski definition) is 2.